The van der Waals surface area contributed by atoms with Gasteiger partial charge in [0.05, 0.1) is 13.2 Å². The lowest BCUT2D eigenvalue weighted by Crippen LogP contribution is -2.48. The summed E-state index contributed by atoms with van der Waals surface area (Å²) in [6, 6.07) is -0.605. The summed E-state index contributed by atoms with van der Waals surface area (Å²) >= 11 is 0. The van der Waals surface area contributed by atoms with Gasteiger partial charge in [0, 0.05) is 0 Å². The molecule has 1 saturated heterocycles. The molecule has 1 aliphatic rings. The first-order chi connectivity index (χ1) is 7.95. The molecule has 17 heavy (non-hydrogen) atoms. The minimum atomic E-state index is -0.605. The first-order valence-electron chi connectivity index (χ1n) is 5.99. The number of esters is 1. The van der Waals surface area contributed by atoms with Crippen LogP contribution in [0.15, 0.2) is 0 Å². The molecule has 1 rings (SSSR count). The van der Waals surface area contributed by atoms with Crippen LogP contribution in [-0.4, -0.2) is 37.2 Å². The Labute approximate surface area is 102 Å². The van der Waals surface area contributed by atoms with Crippen LogP contribution in [0, 0.1) is 5.92 Å². The number of carbonyl (C=O) groups is 2. The summed E-state index contributed by atoms with van der Waals surface area (Å²) in [5.41, 5.74) is 0. The maximum Gasteiger partial charge on any atom is 0.328 e. The third-order valence-corrected chi connectivity index (χ3v) is 2.94. The van der Waals surface area contributed by atoms with Crippen LogP contribution in [0.5, 0.6) is 0 Å². The quantitative estimate of drug-likeness (QED) is 0.744. The molecule has 1 N–H and O–H groups in total. The molecule has 98 valence electrons. The monoisotopic (exact) mass is 243 g/mol. The van der Waals surface area contributed by atoms with E-state index in [4.69, 9.17) is 4.74 Å². The fourth-order valence-corrected chi connectivity index (χ4v) is 1.87. The third-order valence-electron chi connectivity index (χ3n) is 2.94. The molecule has 3 atom stereocenters. The number of methoxy groups -OCH3 is 1. The zero-order chi connectivity index (χ0) is 13.0. The molecule has 0 bridgehead atoms. The average molecular weight is 243 g/mol. The maximum absolute atomic E-state index is 11.9. The van der Waals surface area contributed by atoms with E-state index in [1.807, 2.05) is 20.8 Å². The van der Waals surface area contributed by atoms with Crippen molar-refractivity contribution in [1.82, 2.24) is 5.32 Å². The molecular weight excluding hydrogens is 222 g/mol. The first-order valence-corrected chi connectivity index (χ1v) is 5.99. The Morgan fingerprint density at radius 3 is 2.41 bits per heavy atom. The van der Waals surface area contributed by atoms with Crippen molar-refractivity contribution in [2.75, 3.05) is 7.11 Å². The van der Waals surface area contributed by atoms with Crippen molar-refractivity contribution in [3.05, 3.63) is 0 Å². The van der Waals surface area contributed by atoms with Crippen LogP contribution in [0.4, 0.5) is 0 Å². The molecule has 5 heteroatoms. The molecule has 0 aromatic rings. The Hall–Kier alpha value is -1.10. The number of ether oxygens (including phenoxy) is 2. The van der Waals surface area contributed by atoms with Crippen molar-refractivity contribution in [2.45, 2.75) is 51.9 Å². The molecule has 0 saturated carbocycles. The zero-order valence-corrected chi connectivity index (χ0v) is 10.9. The van der Waals surface area contributed by atoms with Crippen molar-refractivity contribution in [3.8, 4) is 0 Å². The molecule has 0 aromatic heterocycles. The molecule has 5 nitrogen and oxygen atoms in total. The number of hydrogen-bond donors (Lipinski definition) is 1. The van der Waals surface area contributed by atoms with Crippen LogP contribution in [0.2, 0.25) is 0 Å². The second-order valence-electron chi connectivity index (χ2n) is 4.77. The Bertz CT molecular complexity index is 290. The van der Waals surface area contributed by atoms with Gasteiger partial charge >= 0.3 is 5.97 Å². The van der Waals surface area contributed by atoms with E-state index in [0.717, 1.165) is 6.42 Å². The smallest absolute Gasteiger partial charge is 0.328 e. The van der Waals surface area contributed by atoms with Gasteiger partial charge in [-0.1, -0.05) is 13.8 Å². The van der Waals surface area contributed by atoms with E-state index in [9.17, 15) is 9.59 Å². The topological polar surface area (TPSA) is 64.6 Å². The van der Waals surface area contributed by atoms with Crippen molar-refractivity contribution in [3.63, 3.8) is 0 Å². The van der Waals surface area contributed by atoms with Crippen LogP contribution >= 0.6 is 0 Å². The van der Waals surface area contributed by atoms with Gasteiger partial charge in [-0.05, 0) is 25.7 Å². The number of rotatable bonds is 4. The molecule has 1 heterocycles. The van der Waals surface area contributed by atoms with Gasteiger partial charge in [-0.25, -0.2) is 4.79 Å². The summed E-state index contributed by atoms with van der Waals surface area (Å²) < 4.78 is 10.1. The molecule has 3 unspecified atom stereocenters. The van der Waals surface area contributed by atoms with E-state index >= 15 is 0 Å². The fraction of sp³-hybridized carbons (Fsp3) is 0.833. The molecular formula is C12H21NO4. The predicted molar refractivity (Wildman–Crippen MR) is 62.4 cm³/mol. The van der Waals surface area contributed by atoms with E-state index in [1.54, 1.807) is 0 Å². The Morgan fingerprint density at radius 1 is 1.35 bits per heavy atom. The van der Waals surface area contributed by atoms with Gasteiger partial charge < -0.3 is 14.8 Å². The molecule has 1 amide bonds. The van der Waals surface area contributed by atoms with Crippen molar-refractivity contribution >= 4 is 11.9 Å². The van der Waals surface area contributed by atoms with Gasteiger partial charge in [-0.3, -0.25) is 4.79 Å². The van der Waals surface area contributed by atoms with Crippen LogP contribution < -0.4 is 5.32 Å². The Kier molecular flexibility index (Phi) is 4.93. The summed E-state index contributed by atoms with van der Waals surface area (Å²) in [5.74, 6) is -0.650. The Morgan fingerprint density at radius 2 is 2.00 bits per heavy atom. The summed E-state index contributed by atoms with van der Waals surface area (Å²) in [5, 5.41) is 2.69. The summed E-state index contributed by atoms with van der Waals surface area (Å²) in [6.07, 6.45) is 1.26. The minimum absolute atomic E-state index is 0.00905. The molecule has 1 fully saturated rings. The summed E-state index contributed by atoms with van der Waals surface area (Å²) in [6.45, 7) is 5.66. The van der Waals surface area contributed by atoms with Gasteiger partial charge in [-0.2, -0.15) is 0 Å². The highest BCUT2D eigenvalue weighted by molar-refractivity contribution is 5.87. The fourth-order valence-electron chi connectivity index (χ4n) is 1.87. The lowest BCUT2D eigenvalue weighted by molar-refractivity contribution is -0.148. The van der Waals surface area contributed by atoms with E-state index in [0.29, 0.717) is 6.42 Å². The highest BCUT2D eigenvalue weighted by atomic mass is 16.5. The lowest BCUT2D eigenvalue weighted by Gasteiger charge is -2.21. The summed E-state index contributed by atoms with van der Waals surface area (Å²) in [7, 11) is 1.32. The van der Waals surface area contributed by atoms with E-state index < -0.39 is 18.1 Å². The maximum atomic E-state index is 11.9. The van der Waals surface area contributed by atoms with E-state index in [1.165, 1.54) is 7.11 Å². The number of nitrogens with one attached hydrogen (secondary N) is 1. The zero-order valence-electron chi connectivity index (χ0n) is 10.9. The average Bonchev–Trinajstić information content (AvgIpc) is 2.71. The second kappa shape index (κ2) is 6.00. The van der Waals surface area contributed by atoms with Gasteiger partial charge in [0.2, 0.25) is 5.91 Å². The van der Waals surface area contributed by atoms with Gasteiger partial charge in [0.25, 0.3) is 0 Å². The highest BCUT2D eigenvalue weighted by Crippen LogP contribution is 2.19. The normalized spacial score (nSPS) is 25.7. The highest BCUT2D eigenvalue weighted by Gasteiger charge is 2.32. The standard InChI is InChI=1S/C12H21NO4/c1-7(2)10(12(15)16-4)13-11(14)9-6-5-8(3)17-9/h7-10H,5-6H2,1-4H3,(H,13,14). The van der Waals surface area contributed by atoms with Gasteiger partial charge in [-0.15, -0.1) is 0 Å². The molecule has 0 aromatic carbocycles. The van der Waals surface area contributed by atoms with Crippen LogP contribution in [0.3, 0.4) is 0 Å². The van der Waals surface area contributed by atoms with Gasteiger partial charge in [0.1, 0.15) is 12.1 Å². The Balaban J connectivity index is 2.55. The van der Waals surface area contributed by atoms with Gasteiger partial charge in [0.15, 0.2) is 0 Å². The van der Waals surface area contributed by atoms with Crippen molar-refractivity contribution in [2.24, 2.45) is 5.92 Å². The van der Waals surface area contributed by atoms with Crippen LogP contribution in [-0.2, 0) is 19.1 Å². The largest absolute Gasteiger partial charge is 0.467 e. The number of carbonyl (C=O) groups excluding carboxylic acids is 2. The number of amides is 1. The van der Waals surface area contributed by atoms with Crippen molar-refractivity contribution in [1.29, 1.82) is 0 Å². The molecule has 1 aliphatic heterocycles. The predicted octanol–water partition coefficient (Wildman–Crippen LogP) is 0.868. The SMILES string of the molecule is COC(=O)C(NC(=O)C1CCC(C)O1)C(C)C. The second-order valence-corrected chi connectivity index (χ2v) is 4.77. The molecule has 0 radical (unpaired) electrons. The van der Waals surface area contributed by atoms with E-state index in [2.05, 4.69) is 10.1 Å². The minimum Gasteiger partial charge on any atom is -0.467 e. The lowest BCUT2D eigenvalue weighted by atomic mass is 10.0. The summed E-state index contributed by atoms with van der Waals surface area (Å²) in [4.78, 5) is 23.4. The van der Waals surface area contributed by atoms with Crippen LogP contribution in [0.25, 0.3) is 0 Å². The van der Waals surface area contributed by atoms with E-state index in [-0.39, 0.29) is 17.9 Å². The third kappa shape index (κ3) is 3.70. The molecule has 0 spiro atoms. The van der Waals surface area contributed by atoms with Crippen LogP contribution in [0.1, 0.15) is 33.6 Å². The van der Waals surface area contributed by atoms with Crippen molar-refractivity contribution < 1.29 is 19.1 Å². The first kappa shape index (κ1) is 14.0. The molecule has 0 aliphatic carbocycles. The number of hydrogen-bond acceptors (Lipinski definition) is 4.